The molecule has 0 saturated heterocycles. The lowest BCUT2D eigenvalue weighted by Crippen LogP contribution is -2.34. The van der Waals surface area contributed by atoms with Crippen LogP contribution in [0.25, 0.3) is 0 Å². The van der Waals surface area contributed by atoms with Crippen molar-refractivity contribution in [3.05, 3.63) is 47.5 Å². The summed E-state index contributed by atoms with van der Waals surface area (Å²) in [5.74, 6) is 0.414. The fourth-order valence-corrected chi connectivity index (χ4v) is 2.78. The summed E-state index contributed by atoms with van der Waals surface area (Å²) in [6, 6.07) is 11.1. The molecule has 0 aliphatic heterocycles. The minimum absolute atomic E-state index is 0.206. The van der Waals surface area contributed by atoms with Gasteiger partial charge in [0.1, 0.15) is 22.9 Å². The maximum atomic E-state index is 10.2. The smallest absolute Gasteiger partial charge is 0.133 e. The standard InChI is InChI=1S/C24H34N4O2/c1-24(2,26-16-19-14-21(28(6,7)8)10-12-23(19)30)17-25-15-18-13-20(27(3,4)5)9-11-22(18)29/h9-16H,17H2,1-8H3/p+2. The third-order valence-corrected chi connectivity index (χ3v) is 4.83. The molecule has 6 heteroatoms. The van der Waals surface area contributed by atoms with Gasteiger partial charge >= 0.3 is 0 Å². The largest absolute Gasteiger partial charge is 0.507 e. The van der Waals surface area contributed by atoms with Crippen molar-refractivity contribution < 1.29 is 10.2 Å². The molecule has 2 aromatic rings. The molecule has 0 aliphatic rings. The van der Waals surface area contributed by atoms with E-state index in [4.69, 9.17) is 0 Å². The van der Waals surface area contributed by atoms with Gasteiger partial charge in [0.25, 0.3) is 0 Å². The Balaban J connectivity index is 2.17. The molecule has 0 fully saturated rings. The normalized spacial score (nSPS) is 13.5. The molecule has 6 nitrogen and oxygen atoms in total. The summed E-state index contributed by atoms with van der Waals surface area (Å²) >= 11 is 0. The van der Waals surface area contributed by atoms with Crippen molar-refractivity contribution in [2.24, 2.45) is 9.98 Å². The van der Waals surface area contributed by atoms with Crippen molar-refractivity contribution in [1.29, 1.82) is 0 Å². The topological polar surface area (TPSA) is 65.2 Å². The molecule has 2 N–H and O–H groups in total. The Morgan fingerprint density at radius 3 is 1.63 bits per heavy atom. The number of hydrogen-bond donors (Lipinski definition) is 2. The molecular weight excluding hydrogens is 376 g/mol. The molecule has 30 heavy (non-hydrogen) atoms. The molecule has 0 atom stereocenters. The SMILES string of the molecule is CC(C)(CN=Cc1cc([N+](C)(C)C)ccc1O)N=Cc1cc([N+](C)(C)C)ccc1O. The number of aromatic hydroxyl groups is 2. The summed E-state index contributed by atoms with van der Waals surface area (Å²) in [6.07, 6.45) is 3.40. The highest BCUT2D eigenvalue weighted by Gasteiger charge is 2.18. The van der Waals surface area contributed by atoms with Gasteiger partial charge in [0.15, 0.2) is 0 Å². The third-order valence-electron chi connectivity index (χ3n) is 4.83. The van der Waals surface area contributed by atoms with Crippen molar-refractivity contribution in [3.63, 3.8) is 0 Å². The Morgan fingerprint density at radius 1 is 0.767 bits per heavy atom. The number of phenols is 2. The van der Waals surface area contributed by atoms with E-state index in [-0.39, 0.29) is 11.5 Å². The molecule has 2 rings (SSSR count). The second kappa shape index (κ2) is 8.58. The van der Waals surface area contributed by atoms with Crippen molar-refractivity contribution in [3.8, 4) is 11.5 Å². The molecule has 0 bridgehead atoms. The van der Waals surface area contributed by atoms with Crippen LogP contribution >= 0.6 is 0 Å². The van der Waals surface area contributed by atoms with Crippen LogP contribution in [0.4, 0.5) is 11.4 Å². The zero-order chi connectivity index (χ0) is 22.7. The highest BCUT2D eigenvalue weighted by Crippen LogP contribution is 2.26. The fraction of sp³-hybridized carbons (Fsp3) is 0.417. The van der Waals surface area contributed by atoms with E-state index in [2.05, 4.69) is 52.3 Å². The molecule has 0 saturated carbocycles. The zero-order valence-electron chi connectivity index (χ0n) is 19.5. The predicted molar refractivity (Wildman–Crippen MR) is 129 cm³/mol. The van der Waals surface area contributed by atoms with Gasteiger partial charge in [0.05, 0.1) is 54.4 Å². The minimum atomic E-state index is -0.456. The lowest BCUT2D eigenvalue weighted by Gasteiger charge is -2.24. The minimum Gasteiger partial charge on any atom is -0.507 e. The average molecular weight is 413 g/mol. The quantitative estimate of drug-likeness (QED) is 0.536. The monoisotopic (exact) mass is 412 g/mol. The Morgan fingerprint density at radius 2 is 1.20 bits per heavy atom. The first-order valence-corrected chi connectivity index (χ1v) is 10.0. The summed E-state index contributed by atoms with van der Waals surface area (Å²) in [6.45, 7) is 4.43. The first-order chi connectivity index (χ1) is 13.7. The molecule has 162 valence electrons. The van der Waals surface area contributed by atoms with Crippen LogP contribution in [0.1, 0.15) is 25.0 Å². The summed E-state index contributed by atoms with van der Waals surface area (Å²) < 4.78 is 1.32. The van der Waals surface area contributed by atoms with E-state index in [0.717, 1.165) is 11.4 Å². The second-order valence-electron chi connectivity index (χ2n) is 10.1. The summed E-state index contributed by atoms with van der Waals surface area (Å²) in [7, 11) is 12.5. The van der Waals surface area contributed by atoms with E-state index < -0.39 is 5.54 Å². The van der Waals surface area contributed by atoms with E-state index in [1.54, 1.807) is 24.6 Å². The number of aliphatic imine (C=N–C) groups is 2. The van der Waals surface area contributed by atoms with Crippen LogP contribution in [0.2, 0.25) is 0 Å². The zero-order valence-corrected chi connectivity index (χ0v) is 19.5. The molecule has 0 aromatic heterocycles. The van der Waals surface area contributed by atoms with Gasteiger partial charge in [0.2, 0.25) is 0 Å². The van der Waals surface area contributed by atoms with Crippen LogP contribution in [0.15, 0.2) is 46.4 Å². The molecule has 2 aromatic carbocycles. The lowest BCUT2D eigenvalue weighted by atomic mass is 10.1. The van der Waals surface area contributed by atoms with Gasteiger partial charge in [-0.2, -0.15) is 0 Å². The van der Waals surface area contributed by atoms with Gasteiger partial charge in [-0.25, -0.2) is 0 Å². The maximum Gasteiger partial charge on any atom is 0.133 e. The van der Waals surface area contributed by atoms with Crippen LogP contribution in [-0.4, -0.2) is 77.0 Å². The van der Waals surface area contributed by atoms with Crippen LogP contribution in [0.5, 0.6) is 11.5 Å². The molecule has 0 unspecified atom stereocenters. The Bertz CT molecular complexity index is 949. The Labute approximate surface area is 180 Å². The number of phenolic OH excluding ortho intramolecular Hbond substituents is 2. The van der Waals surface area contributed by atoms with Crippen molar-refractivity contribution in [2.75, 3.05) is 48.8 Å². The van der Waals surface area contributed by atoms with Crippen LogP contribution in [0.3, 0.4) is 0 Å². The predicted octanol–water partition coefficient (Wildman–Crippen LogP) is 3.81. The molecule has 0 aliphatic carbocycles. The highest BCUT2D eigenvalue weighted by atomic mass is 16.3. The third kappa shape index (κ3) is 6.40. The summed E-state index contributed by atoms with van der Waals surface area (Å²) in [4.78, 5) is 9.17. The van der Waals surface area contributed by atoms with E-state index in [9.17, 15) is 10.2 Å². The van der Waals surface area contributed by atoms with E-state index in [1.807, 2.05) is 38.1 Å². The molecular formula is C24H36N4O2+2. The first-order valence-electron chi connectivity index (χ1n) is 10.0. The number of benzene rings is 2. The van der Waals surface area contributed by atoms with Crippen LogP contribution < -0.4 is 8.97 Å². The van der Waals surface area contributed by atoms with Crippen molar-refractivity contribution in [2.45, 2.75) is 19.4 Å². The number of quaternary nitrogens is 2. The van der Waals surface area contributed by atoms with Gasteiger partial charge in [-0.05, 0) is 26.0 Å². The summed E-state index contributed by atoms with van der Waals surface area (Å²) in [5, 5.41) is 20.3. The van der Waals surface area contributed by atoms with Gasteiger partial charge in [-0.15, -0.1) is 0 Å². The van der Waals surface area contributed by atoms with Gasteiger partial charge in [-0.1, -0.05) is 0 Å². The van der Waals surface area contributed by atoms with E-state index in [1.165, 1.54) is 0 Å². The lowest BCUT2D eigenvalue weighted by molar-refractivity contribution is 0.466. The maximum absolute atomic E-state index is 10.2. The van der Waals surface area contributed by atoms with E-state index >= 15 is 0 Å². The Kier molecular flexibility index (Phi) is 6.74. The molecule has 0 heterocycles. The van der Waals surface area contributed by atoms with Gasteiger partial charge in [0, 0.05) is 47.8 Å². The molecule has 0 amide bonds. The first kappa shape index (κ1) is 23.6. The fourth-order valence-electron chi connectivity index (χ4n) is 2.78. The Hall–Kier alpha value is -2.70. The van der Waals surface area contributed by atoms with Crippen molar-refractivity contribution >= 4 is 23.8 Å². The van der Waals surface area contributed by atoms with Gasteiger partial charge in [-0.3, -0.25) is 19.0 Å². The van der Waals surface area contributed by atoms with Crippen molar-refractivity contribution in [1.82, 2.24) is 8.97 Å². The number of rotatable bonds is 7. The number of hydrogen-bond acceptors (Lipinski definition) is 4. The molecule has 0 radical (unpaired) electrons. The summed E-state index contributed by atoms with van der Waals surface area (Å²) in [5.41, 5.74) is 3.08. The number of nitrogens with zero attached hydrogens (tertiary/aromatic N) is 4. The van der Waals surface area contributed by atoms with Crippen LogP contribution in [0, 0.1) is 0 Å². The average Bonchev–Trinajstić information content (AvgIpc) is 2.60. The second-order valence-corrected chi connectivity index (χ2v) is 10.1. The highest BCUT2D eigenvalue weighted by molar-refractivity contribution is 5.86. The van der Waals surface area contributed by atoms with Crippen LogP contribution in [-0.2, 0) is 0 Å². The molecule has 0 spiro atoms. The van der Waals surface area contributed by atoms with Gasteiger partial charge < -0.3 is 10.2 Å². The van der Waals surface area contributed by atoms with E-state index in [0.29, 0.717) is 26.6 Å².